The third kappa shape index (κ3) is 3.96. The van der Waals surface area contributed by atoms with Gasteiger partial charge in [0.1, 0.15) is 0 Å². The average Bonchev–Trinajstić information content (AvgIpc) is 2.46. The average molecular weight is 279 g/mol. The van der Waals surface area contributed by atoms with Crippen molar-refractivity contribution < 1.29 is 9.59 Å². The van der Waals surface area contributed by atoms with Gasteiger partial charge in [-0.15, -0.1) is 0 Å². The number of piperidine rings is 1. The van der Waals surface area contributed by atoms with Gasteiger partial charge in [0.05, 0.1) is 16.7 Å². The predicted molar refractivity (Wildman–Crippen MR) is 73.5 cm³/mol. The molecule has 2 N–H and O–H groups in total. The highest BCUT2D eigenvalue weighted by atomic mass is 32.2. The molecule has 0 aromatic carbocycles. The maximum atomic E-state index is 12.1. The molecule has 0 aliphatic carbocycles. The third-order valence-electron chi connectivity index (χ3n) is 3.16. The van der Waals surface area contributed by atoms with Gasteiger partial charge in [0.25, 0.3) is 0 Å². The van der Waals surface area contributed by atoms with E-state index in [-0.39, 0.29) is 17.7 Å². The van der Waals surface area contributed by atoms with Crippen LogP contribution in [0.3, 0.4) is 0 Å². The Labute approximate surface area is 116 Å². The predicted octanol–water partition coefficient (Wildman–Crippen LogP) is 0.898. The van der Waals surface area contributed by atoms with Crippen LogP contribution in [0.25, 0.3) is 0 Å². The Kier molecular flexibility index (Phi) is 4.79. The normalized spacial score (nSPS) is 19.2. The molecule has 0 spiro atoms. The summed E-state index contributed by atoms with van der Waals surface area (Å²) in [5.74, 6) is -0.114. The van der Waals surface area contributed by atoms with Crippen molar-refractivity contribution in [2.75, 3.05) is 18.8 Å². The van der Waals surface area contributed by atoms with Crippen molar-refractivity contribution in [2.24, 2.45) is 11.7 Å². The second-order valence-corrected chi connectivity index (χ2v) is 5.53. The van der Waals surface area contributed by atoms with Gasteiger partial charge in [0, 0.05) is 19.3 Å². The SMILES string of the molecule is NC(=O)[C@@H]1CCCN(C(=O)CSc2ccccn2)C1. The number of nitrogens with two attached hydrogens (primary N) is 1. The molecule has 2 rings (SSSR count). The fourth-order valence-corrected chi connectivity index (χ4v) is 2.86. The first kappa shape index (κ1) is 13.9. The van der Waals surface area contributed by atoms with Crippen LogP contribution in [0.1, 0.15) is 12.8 Å². The van der Waals surface area contributed by atoms with E-state index in [4.69, 9.17) is 5.73 Å². The molecular weight excluding hydrogens is 262 g/mol. The maximum Gasteiger partial charge on any atom is 0.233 e. The fraction of sp³-hybridized carbons (Fsp3) is 0.462. The van der Waals surface area contributed by atoms with E-state index < -0.39 is 0 Å². The zero-order valence-electron chi connectivity index (χ0n) is 10.6. The lowest BCUT2D eigenvalue weighted by Crippen LogP contribution is -2.44. The molecule has 1 atom stereocenters. The summed E-state index contributed by atoms with van der Waals surface area (Å²) in [6, 6.07) is 5.61. The topological polar surface area (TPSA) is 76.3 Å². The summed E-state index contributed by atoms with van der Waals surface area (Å²) in [6.07, 6.45) is 3.33. The Morgan fingerprint density at radius 1 is 1.47 bits per heavy atom. The van der Waals surface area contributed by atoms with E-state index >= 15 is 0 Å². The fourth-order valence-electron chi connectivity index (χ4n) is 2.10. The van der Waals surface area contributed by atoms with Crippen LogP contribution in [0.2, 0.25) is 0 Å². The summed E-state index contributed by atoms with van der Waals surface area (Å²) in [7, 11) is 0. The lowest BCUT2D eigenvalue weighted by Gasteiger charge is -2.31. The summed E-state index contributed by atoms with van der Waals surface area (Å²) in [6.45, 7) is 1.17. The Morgan fingerprint density at radius 2 is 2.32 bits per heavy atom. The monoisotopic (exact) mass is 279 g/mol. The van der Waals surface area contributed by atoms with Gasteiger partial charge in [-0.3, -0.25) is 9.59 Å². The molecule has 19 heavy (non-hydrogen) atoms. The molecule has 1 aromatic heterocycles. The smallest absolute Gasteiger partial charge is 0.233 e. The van der Waals surface area contributed by atoms with Crippen molar-refractivity contribution in [3.05, 3.63) is 24.4 Å². The summed E-state index contributed by atoms with van der Waals surface area (Å²) in [5, 5.41) is 0.833. The van der Waals surface area contributed by atoms with Crippen LogP contribution in [-0.2, 0) is 9.59 Å². The van der Waals surface area contributed by atoms with Crippen molar-refractivity contribution in [2.45, 2.75) is 17.9 Å². The largest absolute Gasteiger partial charge is 0.369 e. The summed E-state index contributed by atoms with van der Waals surface area (Å²) < 4.78 is 0. The lowest BCUT2D eigenvalue weighted by atomic mass is 9.97. The van der Waals surface area contributed by atoms with Gasteiger partial charge >= 0.3 is 0 Å². The van der Waals surface area contributed by atoms with E-state index in [1.807, 2.05) is 18.2 Å². The number of aromatic nitrogens is 1. The number of rotatable bonds is 4. The molecular formula is C13H17N3O2S. The molecule has 1 aromatic rings. The number of primary amides is 1. The van der Waals surface area contributed by atoms with E-state index in [1.165, 1.54) is 11.8 Å². The zero-order chi connectivity index (χ0) is 13.7. The molecule has 102 valence electrons. The highest BCUT2D eigenvalue weighted by molar-refractivity contribution is 7.99. The van der Waals surface area contributed by atoms with E-state index in [1.54, 1.807) is 11.1 Å². The van der Waals surface area contributed by atoms with Gasteiger partial charge in [-0.1, -0.05) is 17.8 Å². The Bertz CT molecular complexity index is 452. The highest BCUT2D eigenvalue weighted by Gasteiger charge is 2.26. The summed E-state index contributed by atoms with van der Waals surface area (Å²) >= 11 is 1.41. The zero-order valence-corrected chi connectivity index (χ0v) is 11.4. The van der Waals surface area contributed by atoms with Gasteiger partial charge in [0.15, 0.2) is 0 Å². The first-order valence-electron chi connectivity index (χ1n) is 6.27. The van der Waals surface area contributed by atoms with Crippen molar-refractivity contribution in [3.8, 4) is 0 Å². The second kappa shape index (κ2) is 6.56. The van der Waals surface area contributed by atoms with E-state index in [2.05, 4.69) is 4.98 Å². The van der Waals surface area contributed by atoms with Crippen LogP contribution in [0.4, 0.5) is 0 Å². The van der Waals surface area contributed by atoms with Gasteiger partial charge < -0.3 is 10.6 Å². The second-order valence-electron chi connectivity index (χ2n) is 4.54. The first-order chi connectivity index (χ1) is 9.16. The van der Waals surface area contributed by atoms with Crippen LogP contribution >= 0.6 is 11.8 Å². The molecule has 0 unspecified atom stereocenters. The number of hydrogen-bond acceptors (Lipinski definition) is 4. The van der Waals surface area contributed by atoms with Crippen molar-refractivity contribution in [3.63, 3.8) is 0 Å². The number of nitrogens with zero attached hydrogens (tertiary/aromatic N) is 2. The number of pyridine rings is 1. The number of carbonyl (C=O) groups is 2. The van der Waals surface area contributed by atoms with E-state index in [0.717, 1.165) is 17.9 Å². The van der Waals surface area contributed by atoms with Crippen LogP contribution in [-0.4, -0.2) is 40.5 Å². The van der Waals surface area contributed by atoms with E-state index in [0.29, 0.717) is 18.8 Å². The van der Waals surface area contributed by atoms with Crippen molar-refractivity contribution in [1.29, 1.82) is 0 Å². The molecule has 1 fully saturated rings. The Balaban J connectivity index is 1.84. The number of hydrogen-bond donors (Lipinski definition) is 1. The van der Waals surface area contributed by atoms with Crippen LogP contribution in [0, 0.1) is 5.92 Å². The van der Waals surface area contributed by atoms with Crippen LogP contribution in [0.5, 0.6) is 0 Å². The molecule has 2 heterocycles. The molecule has 1 aliphatic heterocycles. The van der Waals surface area contributed by atoms with Gasteiger partial charge in [0.2, 0.25) is 11.8 Å². The number of likely N-dealkylation sites (tertiary alicyclic amines) is 1. The van der Waals surface area contributed by atoms with Crippen molar-refractivity contribution >= 4 is 23.6 Å². The molecule has 5 nitrogen and oxygen atoms in total. The van der Waals surface area contributed by atoms with Gasteiger partial charge in [-0.2, -0.15) is 0 Å². The summed E-state index contributed by atoms with van der Waals surface area (Å²) in [5.41, 5.74) is 5.30. The summed E-state index contributed by atoms with van der Waals surface area (Å²) in [4.78, 5) is 29.1. The maximum absolute atomic E-state index is 12.1. The minimum atomic E-state index is -0.310. The molecule has 1 saturated heterocycles. The molecule has 0 bridgehead atoms. The number of carbonyl (C=O) groups excluding carboxylic acids is 2. The Hall–Kier alpha value is -1.56. The molecule has 0 saturated carbocycles. The first-order valence-corrected chi connectivity index (χ1v) is 7.26. The molecule has 0 radical (unpaired) electrons. The quantitative estimate of drug-likeness (QED) is 0.831. The van der Waals surface area contributed by atoms with E-state index in [9.17, 15) is 9.59 Å². The number of thioether (sulfide) groups is 1. The minimum Gasteiger partial charge on any atom is -0.369 e. The standard InChI is InChI=1S/C13H17N3O2S/c14-13(18)10-4-3-7-16(8-10)12(17)9-19-11-5-1-2-6-15-11/h1-2,5-6,10H,3-4,7-9H2,(H2,14,18)/t10-/m1/s1. The molecule has 6 heteroatoms. The molecule has 1 aliphatic rings. The minimum absolute atomic E-state index is 0.0432. The third-order valence-corrected chi connectivity index (χ3v) is 4.09. The van der Waals surface area contributed by atoms with Crippen LogP contribution in [0.15, 0.2) is 29.4 Å². The van der Waals surface area contributed by atoms with Gasteiger partial charge in [-0.05, 0) is 25.0 Å². The lowest BCUT2D eigenvalue weighted by molar-refractivity contribution is -0.132. The molecule has 2 amide bonds. The van der Waals surface area contributed by atoms with Gasteiger partial charge in [-0.25, -0.2) is 4.98 Å². The van der Waals surface area contributed by atoms with Crippen molar-refractivity contribution in [1.82, 2.24) is 9.88 Å². The number of amides is 2. The highest BCUT2D eigenvalue weighted by Crippen LogP contribution is 2.19. The Morgan fingerprint density at radius 3 is 3.00 bits per heavy atom. The van der Waals surface area contributed by atoms with Crippen LogP contribution < -0.4 is 5.73 Å².